The van der Waals surface area contributed by atoms with Crippen molar-refractivity contribution in [2.24, 2.45) is 0 Å². The second-order valence-corrected chi connectivity index (χ2v) is 7.55. The topological polar surface area (TPSA) is 60.2 Å². The predicted octanol–water partition coefficient (Wildman–Crippen LogP) is 3.70. The molecule has 0 radical (unpaired) electrons. The number of fused-ring (bicyclic) bond motifs is 2. The van der Waals surface area contributed by atoms with Crippen molar-refractivity contribution in [3.63, 3.8) is 0 Å². The van der Waals surface area contributed by atoms with Crippen LogP contribution >= 0.6 is 11.6 Å². The third-order valence-electron chi connectivity index (χ3n) is 5.44. The number of amides is 1. The van der Waals surface area contributed by atoms with Crippen LogP contribution in [0.2, 0.25) is 5.02 Å². The Bertz CT molecular complexity index is 1150. The molecule has 7 heteroatoms. The van der Waals surface area contributed by atoms with Gasteiger partial charge in [-0.1, -0.05) is 35.9 Å². The van der Waals surface area contributed by atoms with E-state index in [1.54, 1.807) is 7.11 Å². The van der Waals surface area contributed by atoms with Gasteiger partial charge in [0, 0.05) is 31.5 Å². The highest BCUT2D eigenvalue weighted by Gasteiger charge is 2.28. The molecule has 5 rings (SSSR count). The quantitative estimate of drug-likeness (QED) is 0.665. The lowest BCUT2D eigenvalue weighted by atomic mass is 10.1. The van der Waals surface area contributed by atoms with E-state index in [1.165, 1.54) is 0 Å². The summed E-state index contributed by atoms with van der Waals surface area (Å²) < 4.78 is 7.29. The van der Waals surface area contributed by atoms with Gasteiger partial charge in [0.1, 0.15) is 5.56 Å². The number of carbonyl (C=O) groups is 1. The number of methoxy groups -OCH3 is 1. The molecule has 1 aromatic carbocycles. The molecular formula is C22H19ClN4O2. The fourth-order valence-electron chi connectivity index (χ4n) is 3.97. The SMILES string of the molecule is COc1nc2c(cc1C(=O)N1CCc3c(cnn3-c3ccccc3Cl)C1)C=CC2. The van der Waals surface area contributed by atoms with Crippen LogP contribution in [0.4, 0.5) is 0 Å². The maximum absolute atomic E-state index is 13.3. The van der Waals surface area contributed by atoms with Gasteiger partial charge in [-0.3, -0.25) is 4.79 Å². The zero-order valence-corrected chi connectivity index (χ0v) is 16.7. The van der Waals surface area contributed by atoms with E-state index in [-0.39, 0.29) is 5.91 Å². The third-order valence-corrected chi connectivity index (χ3v) is 5.75. The van der Waals surface area contributed by atoms with Crippen molar-refractivity contribution in [3.8, 4) is 11.6 Å². The first-order valence-corrected chi connectivity index (χ1v) is 9.88. The minimum absolute atomic E-state index is 0.0754. The van der Waals surface area contributed by atoms with Crippen molar-refractivity contribution >= 4 is 23.6 Å². The molecular weight excluding hydrogens is 388 g/mol. The summed E-state index contributed by atoms with van der Waals surface area (Å²) in [4.78, 5) is 19.6. The summed E-state index contributed by atoms with van der Waals surface area (Å²) >= 11 is 6.35. The molecule has 0 spiro atoms. The molecule has 146 valence electrons. The number of rotatable bonds is 3. The number of benzene rings is 1. The van der Waals surface area contributed by atoms with Crippen LogP contribution in [0.1, 0.15) is 32.9 Å². The van der Waals surface area contributed by atoms with Gasteiger partial charge in [0.25, 0.3) is 5.91 Å². The van der Waals surface area contributed by atoms with Gasteiger partial charge in [-0.25, -0.2) is 9.67 Å². The highest BCUT2D eigenvalue weighted by molar-refractivity contribution is 6.32. The summed E-state index contributed by atoms with van der Waals surface area (Å²) in [6.45, 7) is 1.09. The summed E-state index contributed by atoms with van der Waals surface area (Å²) in [5.41, 5.74) is 5.39. The van der Waals surface area contributed by atoms with Gasteiger partial charge in [-0.2, -0.15) is 5.10 Å². The van der Waals surface area contributed by atoms with Gasteiger partial charge < -0.3 is 9.64 Å². The van der Waals surface area contributed by atoms with E-state index in [0.29, 0.717) is 36.0 Å². The molecule has 0 saturated carbocycles. The Morgan fingerprint density at radius 2 is 2.14 bits per heavy atom. The summed E-state index contributed by atoms with van der Waals surface area (Å²) in [5.74, 6) is 0.309. The van der Waals surface area contributed by atoms with Crippen molar-refractivity contribution in [2.75, 3.05) is 13.7 Å². The van der Waals surface area contributed by atoms with E-state index in [9.17, 15) is 4.79 Å². The molecule has 29 heavy (non-hydrogen) atoms. The zero-order chi connectivity index (χ0) is 20.0. The van der Waals surface area contributed by atoms with Gasteiger partial charge in [0.2, 0.25) is 5.88 Å². The molecule has 3 aromatic rings. The van der Waals surface area contributed by atoms with Crippen LogP contribution in [0, 0.1) is 0 Å². The molecule has 0 atom stereocenters. The van der Waals surface area contributed by atoms with Crippen LogP contribution in [-0.4, -0.2) is 39.2 Å². The second-order valence-electron chi connectivity index (χ2n) is 7.14. The number of halogens is 1. The molecule has 3 heterocycles. The molecule has 1 aliphatic heterocycles. The first-order valence-electron chi connectivity index (χ1n) is 9.50. The molecule has 1 aliphatic carbocycles. The van der Waals surface area contributed by atoms with Crippen LogP contribution < -0.4 is 4.74 Å². The van der Waals surface area contributed by atoms with E-state index < -0.39 is 0 Å². The van der Waals surface area contributed by atoms with Crippen LogP contribution in [-0.2, 0) is 19.4 Å². The Morgan fingerprint density at radius 3 is 2.97 bits per heavy atom. The Hall–Kier alpha value is -3.12. The number of para-hydroxylation sites is 1. The molecule has 2 aliphatic rings. The summed E-state index contributed by atoms with van der Waals surface area (Å²) in [6.07, 6.45) is 7.34. The molecule has 2 aromatic heterocycles. The van der Waals surface area contributed by atoms with Crippen molar-refractivity contribution in [2.45, 2.75) is 19.4 Å². The highest BCUT2D eigenvalue weighted by Crippen LogP contribution is 2.29. The van der Waals surface area contributed by atoms with Gasteiger partial charge >= 0.3 is 0 Å². The second kappa shape index (κ2) is 7.04. The monoisotopic (exact) mass is 406 g/mol. The lowest BCUT2D eigenvalue weighted by Gasteiger charge is -2.28. The Balaban J connectivity index is 1.44. The van der Waals surface area contributed by atoms with E-state index in [1.807, 2.05) is 58.3 Å². The number of allylic oxidation sites excluding steroid dienone is 1. The van der Waals surface area contributed by atoms with Crippen LogP contribution in [0.15, 0.2) is 42.6 Å². The maximum atomic E-state index is 13.3. The predicted molar refractivity (Wildman–Crippen MR) is 111 cm³/mol. The maximum Gasteiger partial charge on any atom is 0.259 e. The molecule has 0 N–H and O–H groups in total. The molecule has 1 amide bonds. The van der Waals surface area contributed by atoms with Gasteiger partial charge in [-0.15, -0.1) is 0 Å². The van der Waals surface area contributed by atoms with Crippen molar-refractivity contribution in [1.82, 2.24) is 19.7 Å². The molecule has 0 saturated heterocycles. The lowest BCUT2D eigenvalue weighted by molar-refractivity contribution is 0.0729. The van der Waals surface area contributed by atoms with Gasteiger partial charge in [0.15, 0.2) is 0 Å². The number of hydrogen-bond acceptors (Lipinski definition) is 4. The van der Waals surface area contributed by atoms with Crippen LogP contribution in [0.3, 0.4) is 0 Å². The third kappa shape index (κ3) is 3.00. The molecule has 0 bridgehead atoms. The Morgan fingerprint density at radius 1 is 1.28 bits per heavy atom. The minimum atomic E-state index is -0.0754. The highest BCUT2D eigenvalue weighted by atomic mass is 35.5. The van der Waals surface area contributed by atoms with Crippen molar-refractivity contribution in [3.05, 3.63) is 75.7 Å². The number of carbonyl (C=O) groups excluding carboxylic acids is 1. The first-order chi connectivity index (χ1) is 14.2. The standard InChI is InChI=1S/C22H19ClN4O2/c1-29-21-16(11-14-5-4-7-18(14)25-21)22(28)26-10-9-19-15(13-26)12-24-27(19)20-8-3-2-6-17(20)23/h2-6,8,11-12H,7,9-10,13H2,1H3. The van der Waals surface area contributed by atoms with E-state index in [0.717, 1.165) is 34.6 Å². The minimum Gasteiger partial charge on any atom is -0.480 e. The summed E-state index contributed by atoms with van der Waals surface area (Å²) in [7, 11) is 1.55. The average molecular weight is 407 g/mol. The summed E-state index contributed by atoms with van der Waals surface area (Å²) in [6, 6.07) is 9.52. The average Bonchev–Trinajstić information content (AvgIpc) is 3.38. The van der Waals surface area contributed by atoms with E-state index in [2.05, 4.69) is 10.1 Å². The number of hydrogen-bond donors (Lipinski definition) is 0. The molecule has 6 nitrogen and oxygen atoms in total. The van der Waals surface area contributed by atoms with Gasteiger partial charge in [-0.05, 0) is 23.8 Å². The fourth-order valence-corrected chi connectivity index (χ4v) is 4.18. The number of aromatic nitrogens is 3. The Kier molecular flexibility index (Phi) is 4.36. The molecule has 0 fully saturated rings. The molecule has 0 unspecified atom stereocenters. The lowest BCUT2D eigenvalue weighted by Crippen LogP contribution is -2.36. The van der Waals surface area contributed by atoms with Gasteiger partial charge in [0.05, 0.1) is 35.4 Å². The van der Waals surface area contributed by atoms with Crippen LogP contribution in [0.5, 0.6) is 5.88 Å². The first kappa shape index (κ1) is 17.9. The van der Waals surface area contributed by atoms with Crippen molar-refractivity contribution < 1.29 is 9.53 Å². The van der Waals surface area contributed by atoms with Crippen molar-refractivity contribution in [1.29, 1.82) is 0 Å². The largest absolute Gasteiger partial charge is 0.480 e. The smallest absolute Gasteiger partial charge is 0.259 e. The normalized spacial score (nSPS) is 14.6. The number of nitrogens with zero attached hydrogens (tertiary/aromatic N) is 4. The summed E-state index contributed by atoms with van der Waals surface area (Å²) in [5, 5.41) is 5.18. The Labute approximate surface area is 173 Å². The number of pyridine rings is 1. The number of ether oxygens (including phenoxy) is 1. The fraction of sp³-hybridized carbons (Fsp3) is 0.227. The van der Waals surface area contributed by atoms with Crippen LogP contribution in [0.25, 0.3) is 11.8 Å². The zero-order valence-electron chi connectivity index (χ0n) is 15.9. The van der Waals surface area contributed by atoms with E-state index >= 15 is 0 Å². The van der Waals surface area contributed by atoms with E-state index in [4.69, 9.17) is 16.3 Å².